The van der Waals surface area contributed by atoms with Gasteiger partial charge in [0, 0.05) is 20.1 Å². The molecule has 1 atom stereocenters. The minimum Gasteiger partial charge on any atom is -0.377 e. The molecule has 0 aromatic rings. The van der Waals surface area contributed by atoms with E-state index in [-0.39, 0.29) is 18.0 Å². The summed E-state index contributed by atoms with van der Waals surface area (Å²) in [6, 6.07) is 0. The Morgan fingerprint density at radius 2 is 2.12 bits per heavy atom. The Labute approximate surface area is 104 Å². The topological polar surface area (TPSA) is 35.5 Å². The molecule has 1 saturated heterocycles. The van der Waals surface area contributed by atoms with Crippen LogP contribution in [0, 0.1) is 5.92 Å². The molecule has 0 aromatic heterocycles. The van der Waals surface area contributed by atoms with Crippen LogP contribution >= 0.6 is 0 Å². The van der Waals surface area contributed by atoms with Crippen LogP contribution in [0.25, 0.3) is 0 Å². The number of carbonyl (C=O) groups is 1. The second-order valence-corrected chi connectivity index (χ2v) is 5.63. The first kappa shape index (κ1) is 13.0. The minimum absolute atomic E-state index is 0.120. The summed E-state index contributed by atoms with van der Waals surface area (Å²) in [5.74, 6) is 0.759. The fourth-order valence-electron chi connectivity index (χ4n) is 3.39. The molecule has 17 heavy (non-hydrogen) atoms. The average molecular weight is 240 g/mol. The van der Waals surface area contributed by atoms with Crippen molar-refractivity contribution in [2.24, 2.45) is 5.92 Å². The molecule has 1 spiro atoms. The number of Topliss-reactive ketones (excluding diaryl/α,β-unsaturated/α-hetero) is 1. The summed E-state index contributed by atoms with van der Waals surface area (Å²) in [5.41, 5.74) is 0.120. The maximum absolute atomic E-state index is 11.6. The number of rotatable bonds is 4. The van der Waals surface area contributed by atoms with Gasteiger partial charge in [0.1, 0.15) is 6.61 Å². The Morgan fingerprint density at radius 1 is 1.35 bits per heavy atom. The summed E-state index contributed by atoms with van der Waals surface area (Å²) in [4.78, 5) is 11.6. The van der Waals surface area contributed by atoms with Crippen molar-refractivity contribution in [1.82, 2.24) is 0 Å². The molecule has 0 bridgehead atoms. The molecule has 3 heteroatoms. The van der Waals surface area contributed by atoms with Gasteiger partial charge in [-0.25, -0.2) is 0 Å². The lowest BCUT2D eigenvalue weighted by atomic mass is 9.75. The predicted octanol–water partition coefficient (Wildman–Crippen LogP) is 2.72. The minimum atomic E-state index is 0.120. The smallest absolute Gasteiger partial charge is 0.158 e. The van der Waals surface area contributed by atoms with E-state index in [0.29, 0.717) is 12.3 Å². The van der Waals surface area contributed by atoms with Crippen LogP contribution in [-0.4, -0.2) is 31.7 Å². The monoisotopic (exact) mass is 240 g/mol. The number of hydrogen-bond acceptors (Lipinski definition) is 3. The summed E-state index contributed by atoms with van der Waals surface area (Å²) in [7, 11) is 1.59. The third kappa shape index (κ3) is 3.52. The average Bonchev–Trinajstić information content (AvgIpc) is 2.30. The van der Waals surface area contributed by atoms with E-state index in [4.69, 9.17) is 9.47 Å². The molecule has 1 heterocycles. The standard InChI is InChI=1S/C14H24O3/c1-16-11-13(15)9-12-5-8-17-14(10-12)6-3-2-4-7-14/h12H,2-11H2,1H3. The fourth-order valence-corrected chi connectivity index (χ4v) is 3.39. The Balaban J connectivity index is 1.85. The van der Waals surface area contributed by atoms with Gasteiger partial charge >= 0.3 is 0 Å². The Kier molecular flexibility index (Phi) is 4.57. The van der Waals surface area contributed by atoms with Crippen molar-refractivity contribution in [3.05, 3.63) is 0 Å². The zero-order valence-electron chi connectivity index (χ0n) is 10.9. The first-order valence-electron chi connectivity index (χ1n) is 6.89. The van der Waals surface area contributed by atoms with Crippen molar-refractivity contribution in [1.29, 1.82) is 0 Å². The van der Waals surface area contributed by atoms with Crippen LogP contribution in [0.3, 0.4) is 0 Å². The lowest BCUT2D eigenvalue weighted by Crippen LogP contribution is -2.42. The van der Waals surface area contributed by atoms with Crippen LogP contribution in [0.2, 0.25) is 0 Å². The molecule has 2 aliphatic rings. The fraction of sp³-hybridized carbons (Fsp3) is 0.929. The van der Waals surface area contributed by atoms with Crippen molar-refractivity contribution >= 4 is 5.78 Å². The van der Waals surface area contributed by atoms with E-state index >= 15 is 0 Å². The van der Waals surface area contributed by atoms with Gasteiger partial charge in [-0.3, -0.25) is 4.79 Å². The van der Waals surface area contributed by atoms with Gasteiger partial charge in [0.15, 0.2) is 5.78 Å². The highest BCUT2D eigenvalue weighted by Crippen LogP contribution is 2.41. The third-order valence-electron chi connectivity index (χ3n) is 4.18. The van der Waals surface area contributed by atoms with E-state index in [0.717, 1.165) is 19.4 Å². The highest BCUT2D eigenvalue weighted by atomic mass is 16.5. The van der Waals surface area contributed by atoms with E-state index < -0.39 is 0 Å². The van der Waals surface area contributed by atoms with Crippen molar-refractivity contribution in [2.45, 2.75) is 57.0 Å². The molecule has 0 radical (unpaired) electrons. The highest BCUT2D eigenvalue weighted by Gasteiger charge is 2.38. The normalized spacial score (nSPS) is 28.2. The summed E-state index contributed by atoms with van der Waals surface area (Å²) in [5, 5.41) is 0. The molecule has 2 rings (SSSR count). The van der Waals surface area contributed by atoms with Crippen LogP contribution in [0.15, 0.2) is 0 Å². The molecule has 1 saturated carbocycles. The van der Waals surface area contributed by atoms with Gasteiger partial charge in [0.25, 0.3) is 0 Å². The zero-order valence-corrected chi connectivity index (χ0v) is 10.9. The van der Waals surface area contributed by atoms with Crippen LogP contribution < -0.4 is 0 Å². The Morgan fingerprint density at radius 3 is 2.82 bits per heavy atom. The molecule has 1 aliphatic heterocycles. The number of carbonyl (C=O) groups excluding carboxylic acids is 1. The quantitative estimate of drug-likeness (QED) is 0.758. The molecule has 3 nitrogen and oxygen atoms in total. The van der Waals surface area contributed by atoms with Gasteiger partial charge in [-0.05, 0) is 31.6 Å². The number of ketones is 1. The zero-order chi connectivity index (χ0) is 12.1. The van der Waals surface area contributed by atoms with E-state index in [9.17, 15) is 4.79 Å². The van der Waals surface area contributed by atoms with Crippen molar-refractivity contribution < 1.29 is 14.3 Å². The SMILES string of the molecule is COCC(=O)CC1CCOC2(CCCCC2)C1. The lowest BCUT2D eigenvalue weighted by Gasteiger charge is -2.43. The molecule has 0 N–H and O–H groups in total. The van der Waals surface area contributed by atoms with Gasteiger partial charge < -0.3 is 9.47 Å². The number of ether oxygens (including phenoxy) is 2. The highest BCUT2D eigenvalue weighted by molar-refractivity contribution is 5.79. The van der Waals surface area contributed by atoms with E-state index in [1.54, 1.807) is 7.11 Å². The van der Waals surface area contributed by atoms with Gasteiger partial charge in [0.05, 0.1) is 5.60 Å². The van der Waals surface area contributed by atoms with E-state index in [1.807, 2.05) is 0 Å². The molecule has 0 aromatic carbocycles. The first-order valence-corrected chi connectivity index (χ1v) is 6.89. The lowest BCUT2D eigenvalue weighted by molar-refractivity contribution is -0.132. The van der Waals surface area contributed by atoms with Crippen molar-refractivity contribution in [3.8, 4) is 0 Å². The van der Waals surface area contributed by atoms with Crippen molar-refractivity contribution in [3.63, 3.8) is 0 Å². The molecule has 98 valence electrons. The Bertz CT molecular complexity index is 251. The predicted molar refractivity (Wildman–Crippen MR) is 66.0 cm³/mol. The van der Waals surface area contributed by atoms with Gasteiger partial charge in [-0.15, -0.1) is 0 Å². The van der Waals surface area contributed by atoms with Gasteiger partial charge in [0.2, 0.25) is 0 Å². The molecule has 2 fully saturated rings. The van der Waals surface area contributed by atoms with E-state index in [1.165, 1.54) is 32.1 Å². The van der Waals surface area contributed by atoms with Crippen LogP contribution in [0.1, 0.15) is 51.4 Å². The van der Waals surface area contributed by atoms with Gasteiger partial charge in [-0.2, -0.15) is 0 Å². The summed E-state index contributed by atoms with van der Waals surface area (Å²) >= 11 is 0. The van der Waals surface area contributed by atoms with Crippen LogP contribution in [0.5, 0.6) is 0 Å². The maximum atomic E-state index is 11.6. The molecule has 1 unspecified atom stereocenters. The van der Waals surface area contributed by atoms with Crippen LogP contribution in [0.4, 0.5) is 0 Å². The summed E-state index contributed by atoms with van der Waals surface area (Å²) in [6.45, 7) is 1.11. The van der Waals surface area contributed by atoms with Crippen molar-refractivity contribution in [2.75, 3.05) is 20.3 Å². The summed E-state index contributed by atoms with van der Waals surface area (Å²) in [6.07, 6.45) is 9.12. The molecular formula is C14H24O3. The Hall–Kier alpha value is -0.410. The van der Waals surface area contributed by atoms with Gasteiger partial charge in [-0.1, -0.05) is 19.3 Å². The van der Waals surface area contributed by atoms with E-state index in [2.05, 4.69) is 0 Å². The number of hydrogen-bond donors (Lipinski definition) is 0. The second-order valence-electron chi connectivity index (χ2n) is 5.63. The van der Waals surface area contributed by atoms with Crippen LogP contribution in [-0.2, 0) is 14.3 Å². The molecular weight excluding hydrogens is 216 g/mol. The third-order valence-corrected chi connectivity index (χ3v) is 4.18. The maximum Gasteiger partial charge on any atom is 0.158 e. The second kappa shape index (κ2) is 5.96. The summed E-state index contributed by atoms with van der Waals surface area (Å²) < 4.78 is 10.9. The largest absolute Gasteiger partial charge is 0.377 e. The first-order chi connectivity index (χ1) is 8.24. The molecule has 1 aliphatic carbocycles. The molecule has 0 amide bonds. The number of methoxy groups -OCH3 is 1.